The number of hydrogen-bond donors (Lipinski definition) is 2. The SMILES string of the molecule is S=C(NCc1ccccc1Cl)Nc1nc(Oc2ccccc2)cc(N2CCCCC2)n1. The Morgan fingerprint density at radius 1 is 1.00 bits per heavy atom. The summed E-state index contributed by atoms with van der Waals surface area (Å²) >= 11 is 11.7. The van der Waals surface area contributed by atoms with Crippen molar-refractivity contribution in [1.82, 2.24) is 15.3 Å². The van der Waals surface area contributed by atoms with Crippen LogP contribution >= 0.6 is 23.8 Å². The number of thiocarbonyl (C=S) groups is 1. The summed E-state index contributed by atoms with van der Waals surface area (Å²) in [6.07, 6.45) is 3.55. The second-order valence-electron chi connectivity index (χ2n) is 7.25. The Labute approximate surface area is 192 Å². The lowest BCUT2D eigenvalue weighted by molar-refractivity contribution is 0.461. The van der Waals surface area contributed by atoms with Crippen LogP contribution in [0.15, 0.2) is 60.7 Å². The highest BCUT2D eigenvalue weighted by atomic mass is 35.5. The summed E-state index contributed by atoms with van der Waals surface area (Å²) in [5.41, 5.74) is 0.962. The summed E-state index contributed by atoms with van der Waals surface area (Å²) in [6, 6.07) is 19.1. The van der Waals surface area contributed by atoms with Gasteiger partial charge in [0.1, 0.15) is 11.6 Å². The van der Waals surface area contributed by atoms with E-state index >= 15 is 0 Å². The lowest BCUT2D eigenvalue weighted by Crippen LogP contribution is -2.31. The van der Waals surface area contributed by atoms with Crippen LogP contribution in [-0.2, 0) is 6.54 Å². The van der Waals surface area contributed by atoms with Crippen molar-refractivity contribution in [2.24, 2.45) is 0 Å². The Kier molecular flexibility index (Phi) is 7.17. The van der Waals surface area contributed by atoms with Gasteiger partial charge in [0.2, 0.25) is 11.8 Å². The lowest BCUT2D eigenvalue weighted by atomic mass is 10.1. The normalized spacial score (nSPS) is 13.5. The molecule has 0 spiro atoms. The minimum atomic E-state index is 0.394. The topological polar surface area (TPSA) is 62.3 Å². The van der Waals surface area contributed by atoms with Crippen LogP contribution in [0.3, 0.4) is 0 Å². The van der Waals surface area contributed by atoms with Crippen molar-refractivity contribution in [2.45, 2.75) is 25.8 Å². The largest absolute Gasteiger partial charge is 0.439 e. The third-order valence-corrected chi connectivity index (χ3v) is 5.57. The summed E-state index contributed by atoms with van der Waals surface area (Å²) in [5.74, 6) is 2.41. The predicted octanol–water partition coefficient (Wildman–Crippen LogP) is 5.40. The molecular weight excluding hydrogens is 430 g/mol. The van der Waals surface area contributed by atoms with E-state index in [1.165, 1.54) is 6.42 Å². The number of hydrogen-bond acceptors (Lipinski definition) is 5. The molecule has 0 saturated carbocycles. The van der Waals surface area contributed by atoms with Crippen LogP contribution in [-0.4, -0.2) is 28.2 Å². The van der Waals surface area contributed by atoms with Gasteiger partial charge in [-0.05, 0) is 55.2 Å². The van der Waals surface area contributed by atoms with Crippen molar-refractivity contribution in [3.05, 3.63) is 71.2 Å². The number of nitrogens with zero attached hydrogens (tertiary/aromatic N) is 3. The zero-order valence-electron chi connectivity index (χ0n) is 17.1. The maximum absolute atomic E-state index is 6.22. The van der Waals surface area contributed by atoms with Gasteiger partial charge in [0.25, 0.3) is 0 Å². The van der Waals surface area contributed by atoms with E-state index in [2.05, 4.69) is 25.5 Å². The molecule has 8 heteroatoms. The molecule has 160 valence electrons. The summed E-state index contributed by atoms with van der Waals surface area (Å²) in [4.78, 5) is 11.5. The van der Waals surface area contributed by atoms with Crippen molar-refractivity contribution in [2.75, 3.05) is 23.3 Å². The summed E-state index contributed by atoms with van der Waals surface area (Å²) in [7, 11) is 0. The van der Waals surface area contributed by atoms with E-state index in [-0.39, 0.29) is 0 Å². The first-order valence-electron chi connectivity index (χ1n) is 10.3. The Hall–Kier alpha value is -2.90. The van der Waals surface area contributed by atoms with Crippen LogP contribution in [0.1, 0.15) is 24.8 Å². The van der Waals surface area contributed by atoms with E-state index in [0.29, 0.717) is 28.5 Å². The van der Waals surface area contributed by atoms with E-state index in [0.717, 1.165) is 43.1 Å². The van der Waals surface area contributed by atoms with E-state index in [1.807, 2.05) is 60.7 Å². The Morgan fingerprint density at radius 2 is 1.74 bits per heavy atom. The molecule has 0 bridgehead atoms. The smallest absolute Gasteiger partial charge is 0.234 e. The maximum Gasteiger partial charge on any atom is 0.234 e. The molecule has 2 heterocycles. The highest BCUT2D eigenvalue weighted by Crippen LogP contribution is 2.26. The van der Waals surface area contributed by atoms with Gasteiger partial charge in [0, 0.05) is 30.7 Å². The van der Waals surface area contributed by atoms with Gasteiger partial charge in [-0.1, -0.05) is 48.0 Å². The molecule has 0 aliphatic carbocycles. The van der Waals surface area contributed by atoms with Crippen molar-refractivity contribution in [3.8, 4) is 11.6 Å². The lowest BCUT2D eigenvalue weighted by Gasteiger charge is -2.28. The van der Waals surface area contributed by atoms with E-state index in [4.69, 9.17) is 28.6 Å². The molecule has 1 saturated heterocycles. The Morgan fingerprint density at radius 3 is 2.52 bits per heavy atom. The van der Waals surface area contributed by atoms with Gasteiger partial charge in [-0.15, -0.1) is 0 Å². The average Bonchev–Trinajstić information content (AvgIpc) is 2.80. The Balaban J connectivity index is 1.50. The van der Waals surface area contributed by atoms with Gasteiger partial charge in [-0.25, -0.2) is 0 Å². The van der Waals surface area contributed by atoms with Gasteiger partial charge in [0.05, 0.1) is 0 Å². The van der Waals surface area contributed by atoms with Crippen LogP contribution in [0, 0.1) is 0 Å². The fraction of sp³-hybridized carbons (Fsp3) is 0.261. The summed E-state index contributed by atoms with van der Waals surface area (Å²) in [6.45, 7) is 2.44. The second-order valence-corrected chi connectivity index (χ2v) is 8.07. The van der Waals surface area contributed by atoms with Gasteiger partial charge >= 0.3 is 0 Å². The van der Waals surface area contributed by atoms with Crippen LogP contribution in [0.25, 0.3) is 0 Å². The van der Waals surface area contributed by atoms with Crippen molar-refractivity contribution in [3.63, 3.8) is 0 Å². The van der Waals surface area contributed by atoms with Gasteiger partial charge in [-0.2, -0.15) is 9.97 Å². The molecule has 0 unspecified atom stereocenters. The maximum atomic E-state index is 6.22. The van der Waals surface area contributed by atoms with Crippen LogP contribution in [0.4, 0.5) is 11.8 Å². The first-order valence-corrected chi connectivity index (χ1v) is 11.1. The molecule has 3 aromatic rings. The first kappa shape index (κ1) is 21.3. The standard InChI is InChI=1S/C23H24ClN5OS/c24-19-12-6-5-9-17(19)16-25-23(31)28-22-26-20(29-13-7-2-8-14-29)15-21(27-22)30-18-10-3-1-4-11-18/h1,3-6,9-12,15H,2,7-8,13-14,16H2,(H2,25,26,27,28,31). The van der Waals surface area contributed by atoms with Crippen molar-refractivity contribution < 1.29 is 4.74 Å². The number of rotatable bonds is 6. The molecule has 6 nitrogen and oxygen atoms in total. The summed E-state index contributed by atoms with van der Waals surface area (Å²) < 4.78 is 5.98. The van der Waals surface area contributed by atoms with Gasteiger partial charge < -0.3 is 20.3 Å². The molecule has 2 aromatic carbocycles. The van der Waals surface area contributed by atoms with E-state index in [9.17, 15) is 0 Å². The third-order valence-electron chi connectivity index (χ3n) is 4.96. The minimum Gasteiger partial charge on any atom is -0.439 e. The Bertz CT molecular complexity index is 1030. The number of anilines is 2. The average molecular weight is 454 g/mol. The van der Waals surface area contributed by atoms with Crippen LogP contribution in [0.5, 0.6) is 11.6 Å². The second kappa shape index (κ2) is 10.4. The fourth-order valence-corrected chi connectivity index (χ4v) is 3.74. The third kappa shape index (κ3) is 6.06. The number of aromatic nitrogens is 2. The molecular formula is C23H24ClN5OS. The number of piperidine rings is 1. The number of nitrogens with one attached hydrogen (secondary N) is 2. The molecule has 31 heavy (non-hydrogen) atoms. The van der Waals surface area contributed by atoms with Crippen molar-refractivity contribution >= 4 is 40.7 Å². The van der Waals surface area contributed by atoms with Crippen molar-refractivity contribution in [1.29, 1.82) is 0 Å². The number of halogens is 1. The van der Waals surface area contributed by atoms with Crippen LogP contribution in [0.2, 0.25) is 5.02 Å². The zero-order valence-corrected chi connectivity index (χ0v) is 18.6. The molecule has 0 radical (unpaired) electrons. The molecule has 1 fully saturated rings. The molecule has 0 amide bonds. The monoisotopic (exact) mass is 453 g/mol. The van der Waals surface area contributed by atoms with E-state index < -0.39 is 0 Å². The molecule has 1 aliphatic rings. The molecule has 4 rings (SSSR count). The highest BCUT2D eigenvalue weighted by molar-refractivity contribution is 7.80. The van der Waals surface area contributed by atoms with E-state index in [1.54, 1.807) is 0 Å². The molecule has 0 atom stereocenters. The molecule has 1 aromatic heterocycles. The minimum absolute atomic E-state index is 0.394. The van der Waals surface area contributed by atoms with Crippen LogP contribution < -0.4 is 20.3 Å². The fourth-order valence-electron chi connectivity index (χ4n) is 3.38. The number of benzene rings is 2. The quantitative estimate of drug-likeness (QED) is 0.484. The molecule has 1 aliphatic heterocycles. The molecule has 2 N–H and O–H groups in total. The number of ether oxygens (including phenoxy) is 1. The first-order chi connectivity index (χ1) is 15.2. The highest BCUT2D eigenvalue weighted by Gasteiger charge is 2.16. The predicted molar refractivity (Wildman–Crippen MR) is 129 cm³/mol. The number of para-hydroxylation sites is 1. The zero-order chi connectivity index (χ0) is 21.5. The summed E-state index contributed by atoms with van der Waals surface area (Å²) in [5, 5.41) is 7.36. The van der Waals surface area contributed by atoms with Gasteiger partial charge in [-0.3, -0.25) is 0 Å². The van der Waals surface area contributed by atoms with Gasteiger partial charge in [0.15, 0.2) is 5.11 Å².